The van der Waals surface area contributed by atoms with Crippen molar-refractivity contribution in [3.05, 3.63) is 59.1 Å². The zero-order valence-electron chi connectivity index (χ0n) is 13.7. The van der Waals surface area contributed by atoms with E-state index in [4.69, 9.17) is 28.6 Å². The third-order valence-electron chi connectivity index (χ3n) is 3.35. The van der Waals surface area contributed by atoms with Gasteiger partial charge in [-0.15, -0.1) is 0 Å². The van der Waals surface area contributed by atoms with Gasteiger partial charge in [0.25, 0.3) is 0 Å². The Morgan fingerprint density at radius 3 is 2.77 bits per heavy atom. The number of rotatable bonds is 4. The Bertz CT molecular complexity index is 984. The van der Waals surface area contributed by atoms with E-state index in [2.05, 4.69) is 15.6 Å². The van der Waals surface area contributed by atoms with Crippen LogP contribution in [0.15, 0.2) is 48.5 Å². The van der Waals surface area contributed by atoms with Crippen LogP contribution in [0.3, 0.4) is 0 Å². The summed E-state index contributed by atoms with van der Waals surface area (Å²) in [5, 5.41) is 6.91. The lowest BCUT2D eigenvalue weighted by molar-refractivity contribution is -0.115. The average molecular weight is 404 g/mol. The number of nitrogens with zero attached hydrogens (tertiary/aromatic N) is 1. The number of carbonyl (C=O) groups is 1. The number of ether oxygens (including phenoxy) is 1. The molecule has 0 radical (unpaired) electrons. The molecule has 0 spiro atoms. The van der Waals surface area contributed by atoms with E-state index in [1.807, 2.05) is 36.4 Å². The van der Waals surface area contributed by atoms with Crippen molar-refractivity contribution in [2.45, 2.75) is 0 Å². The highest BCUT2D eigenvalue weighted by Crippen LogP contribution is 2.28. The number of aromatic nitrogens is 1. The fourth-order valence-corrected chi connectivity index (χ4v) is 3.53. The van der Waals surface area contributed by atoms with E-state index in [1.54, 1.807) is 19.3 Å². The number of anilines is 1. The van der Waals surface area contributed by atoms with Crippen LogP contribution in [0.25, 0.3) is 16.3 Å². The number of nitrogens with one attached hydrogen (secondary N) is 2. The van der Waals surface area contributed by atoms with Crippen molar-refractivity contribution in [1.29, 1.82) is 0 Å². The molecule has 26 heavy (non-hydrogen) atoms. The summed E-state index contributed by atoms with van der Waals surface area (Å²) < 4.78 is 6.03. The van der Waals surface area contributed by atoms with Crippen molar-refractivity contribution in [2.24, 2.45) is 0 Å². The summed E-state index contributed by atoms with van der Waals surface area (Å²) in [5.74, 6) is 0.427. The molecule has 0 fully saturated rings. The molecule has 0 aliphatic carbocycles. The first-order valence-electron chi connectivity index (χ1n) is 7.54. The molecule has 1 amide bonds. The molecule has 2 N–H and O–H groups in total. The smallest absolute Gasteiger partial charge is 0.250 e. The van der Waals surface area contributed by atoms with E-state index in [1.165, 1.54) is 17.4 Å². The molecule has 0 unspecified atom stereocenters. The van der Waals surface area contributed by atoms with Crippen molar-refractivity contribution in [1.82, 2.24) is 10.3 Å². The van der Waals surface area contributed by atoms with Crippen LogP contribution < -0.4 is 15.4 Å². The second-order valence-corrected chi connectivity index (χ2v) is 7.06. The molecule has 0 aliphatic heterocycles. The van der Waals surface area contributed by atoms with Gasteiger partial charge in [-0.2, -0.15) is 0 Å². The van der Waals surface area contributed by atoms with E-state index in [0.717, 1.165) is 21.5 Å². The molecular weight excluding hydrogens is 390 g/mol. The van der Waals surface area contributed by atoms with Crippen LogP contribution in [0.4, 0.5) is 5.13 Å². The Hall–Kier alpha value is -2.48. The summed E-state index contributed by atoms with van der Waals surface area (Å²) in [4.78, 5) is 16.4. The summed E-state index contributed by atoms with van der Waals surface area (Å²) in [6.07, 6.45) is 3.10. The van der Waals surface area contributed by atoms with Gasteiger partial charge in [0.05, 0.1) is 17.3 Å². The van der Waals surface area contributed by atoms with Gasteiger partial charge in [-0.05, 0) is 54.2 Å². The van der Waals surface area contributed by atoms with Crippen LogP contribution in [-0.2, 0) is 4.79 Å². The largest absolute Gasteiger partial charge is 0.497 e. The molecular formula is C18H14ClN3O2S2. The lowest BCUT2D eigenvalue weighted by Gasteiger charge is -2.04. The molecule has 132 valence electrons. The maximum atomic E-state index is 12.0. The maximum Gasteiger partial charge on any atom is 0.250 e. The van der Waals surface area contributed by atoms with Crippen molar-refractivity contribution < 1.29 is 9.53 Å². The number of thiazole rings is 1. The SMILES string of the molecule is COc1ccc(/C=C/C(=O)NC(=S)Nc2nc3ccc(Cl)cc3s2)cc1. The number of carbonyl (C=O) groups excluding carboxylic acids is 1. The molecule has 2 aromatic carbocycles. The Balaban J connectivity index is 1.57. The number of halogens is 1. The molecule has 1 heterocycles. The Morgan fingerprint density at radius 2 is 2.04 bits per heavy atom. The fraction of sp³-hybridized carbons (Fsp3) is 0.0556. The highest BCUT2D eigenvalue weighted by Gasteiger charge is 2.07. The topological polar surface area (TPSA) is 63.2 Å². The molecule has 1 aromatic heterocycles. The van der Waals surface area contributed by atoms with Crippen molar-refractivity contribution in [3.8, 4) is 5.75 Å². The molecule has 0 saturated carbocycles. The van der Waals surface area contributed by atoms with E-state index in [0.29, 0.717) is 10.2 Å². The first-order valence-corrected chi connectivity index (χ1v) is 9.14. The summed E-state index contributed by atoms with van der Waals surface area (Å²) in [6, 6.07) is 12.8. The minimum atomic E-state index is -0.331. The van der Waals surface area contributed by atoms with Crippen LogP contribution in [0.5, 0.6) is 5.75 Å². The van der Waals surface area contributed by atoms with Crippen LogP contribution in [0, 0.1) is 0 Å². The first kappa shape index (κ1) is 18.3. The third-order valence-corrected chi connectivity index (χ3v) is 4.72. The highest BCUT2D eigenvalue weighted by molar-refractivity contribution is 7.80. The molecule has 3 aromatic rings. The number of hydrogen-bond acceptors (Lipinski definition) is 5. The molecule has 0 saturated heterocycles. The van der Waals surface area contributed by atoms with Gasteiger partial charge >= 0.3 is 0 Å². The summed E-state index contributed by atoms with van der Waals surface area (Å²) in [5.41, 5.74) is 1.69. The highest BCUT2D eigenvalue weighted by atomic mass is 35.5. The number of benzene rings is 2. The number of thiocarbonyl (C=S) groups is 1. The Morgan fingerprint density at radius 1 is 1.27 bits per heavy atom. The normalized spacial score (nSPS) is 10.8. The number of methoxy groups -OCH3 is 1. The molecule has 8 heteroatoms. The van der Waals surface area contributed by atoms with Crippen LogP contribution >= 0.6 is 35.2 Å². The van der Waals surface area contributed by atoms with Crippen molar-refractivity contribution in [2.75, 3.05) is 12.4 Å². The standard InChI is InChI=1S/C18H14ClN3O2S2/c1-24-13-6-2-11(3-7-13)4-9-16(23)21-17(25)22-18-20-14-8-5-12(19)10-15(14)26-18/h2-10H,1H3,(H2,20,21,22,23,25)/b9-4+. The third kappa shape index (κ3) is 4.78. The molecule has 0 aliphatic rings. The van der Waals surface area contributed by atoms with Gasteiger partial charge in [0.2, 0.25) is 5.91 Å². The molecule has 0 atom stereocenters. The number of hydrogen-bond donors (Lipinski definition) is 2. The monoisotopic (exact) mass is 403 g/mol. The van der Waals surface area contributed by atoms with Gasteiger partial charge in [0, 0.05) is 11.1 Å². The molecule has 5 nitrogen and oxygen atoms in total. The lowest BCUT2D eigenvalue weighted by atomic mass is 10.2. The Kier molecular flexibility index (Phi) is 5.82. The zero-order valence-corrected chi connectivity index (χ0v) is 16.0. The second kappa shape index (κ2) is 8.27. The van der Waals surface area contributed by atoms with E-state index < -0.39 is 0 Å². The van der Waals surface area contributed by atoms with E-state index in [-0.39, 0.29) is 11.0 Å². The van der Waals surface area contributed by atoms with Crippen LogP contribution in [0.1, 0.15) is 5.56 Å². The number of fused-ring (bicyclic) bond motifs is 1. The maximum absolute atomic E-state index is 12.0. The Labute approximate surface area is 164 Å². The molecule has 3 rings (SSSR count). The van der Waals surface area contributed by atoms with Crippen molar-refractivity contribution >= 4 is 67.6 Å². The van der Waals surface area contributed by atoms with E-state index in [9.17, 15) is 4.79 Å². The number of amides is 1. The van der Waals surface area contributed by atoms with Gasteiger partial charge in [-0.3, -0.25) is 10.1 Å². The summed E-state index contributed by atoms with van der Waals surface area (Å²) >= 11 is 12.5. The quantitative estimate of drug-likeness (QED) is 0.496. The second-order valence-electron chi connectivity index (χ2n) is 5.18. The van der Waals surface area contributed by atoms with Gasteiger partial charge in [-0.25, -0.2) is 4.98 Å². The predicted octanol–water partition coefficient (Wildman–Crippen LogP) is 4.48. The van der Waals surface area contributed by atoms with E-state index >= 15 is 0 Å². The first-order chi connectivity index (χ1) is 12.5. The van der Waals surface area contributed by atoms with Gasteiger partial charge < -0.3 is 10.1 Å². The minimum Gasteiger partial charge on any atom is -0.497 e. The average Bonchev–Trinajstić information content (AvgIpc) is 3.01. The summed E-state index contributed by atoms with van der Waals surface area (Å²) in [6.45, 7) is 0. The zero-order chi connectivity index (χ0) is 18.5. The van der Waals surface area contributed by atoms with Crippen molar-refractivity contribution in [3.63, 3.8) is 0 Å². The predicted molar refractivity (Wildman–Crippen MR) is 111 cm³/mol. The van der Waals surface area contributed by atoms with Gasteiger partial charge in [0.15, 0.2) is 10.2 Å². The summed E-state index contributed by atoms with van der Waals surface area (Å²) in [7, 11) is 1.60. The van der Waals surface area contributed by atoms with Gasteiger partial charge in [0.1, 0.15) is 5.75 Å². The fourth-order valence-electron chi connectivity index (χ4n) is 2.12. The van der Waals surface area contributed by atoms with Crippen LogP contribution in [-0.4, -0.2) is 23.1 Å². The molecule has 0 bridgehead atoms. The minimum absolute atomic E-state index is 0.180. The van der Waals surface area contributed by atoms with Gasteiger partial charge in [-0.1, -0.05) is 35.1 Å². The van der Waals surface area contributed by atoms with Crippen LogP contribution in [0.2, 0.25) is 5.02 Å². The lowest BCUT2D eigenvalue weighted by Crippen LogP contribution is -2.32.